The molecule has 0 atom stereocenters. The lowest BCUT2D eigenvalue weighted by molar-refractivity contribution is 0.478. The normalized spacial score (nSPS) is 9.53. The number of phenolic OH excluding ortho intramolecular Hbond substituents is 1. The summed E-state index contributed by atoms with van der Waals surface area (Å²) in [7, 11) is 0. The molecule has 0 aromatic heterocycles. The first kappa shape index (κ1) is 9.22. The number of diazo groups is 1. The van der Waals surface area contributed by atoms with E-state index in [1.165, 1.54) is 6.07 Å². The zero-order chi connectivity index (χ0) is 10.7. The van der Waals surface area contributed by atoms with E-state index in [0.29, 0.717) is 0 Å². The van der Waals surface area contributed by atoms with Crippen molar-refractivity contribution in [1.82, 2.24) is 0 Å². The van der Waals surface area contributed by atoms with Crippen LogP contribution in [0.15, 0.2) is 48.5 Å². The van der Waals surface area contributed by atoms with Gasteiger partial charge in [0.15, 0.2) is 4.98 Å². The summed E-state index contributed by atoms with van der Waals surface area (Å²) in [5.74, 6) is -0.0304. The molecule has 0 aliphatic carbocycles. The number of nitrogens with zero attached hydrogens (tertiary/aromatic N) is 2. The van der Waals surface area contributed by atoms with Crippen molar-refractivity contribution < 1.29 is 5.11 Å². The van der Waals surface area contributed by atoms with Crippen LogP contribution >= 0.6 is 0 Å². The lowest BCUT2D eigenvalue weighted by atomic mass is 10.1. The molecule has 15 heavy (non-hydrogen) atoms. The molecule has 0 saturated carbocycles. The molecule has 0 saturated heterocycles. The lowest BCUT2D eigenvalue weighted by Gasteiger charge is -1.98. The van der Waals surface area contributed by atoms with Crippen LogP contribution in [-0.4, -0.2) is 5.11 Å². The van der Waals surface area contributed by atoms with Gasteiger partial charge < -0.3 is 5.11 Å². The highest BCUT2D eigenvalue weighted by Gasteiger charge is 2.13. The Morgan fingerprint density at radius 1 is 0.933 bits per heavy atom. The van der Waals surface area contributed by atoms with E-state index in [1.54, 1.807) is 12.1 Å². The van der Waals surface area contributed by atoms with Gasteiger partial charge in [-0.25, -0.2) is 0 Å². The molecule has 2 aromatic carbocycles. The number of benzene rings is 2. The maximum absolute atomic E-state index is 9.33. The highest BCUT2D eigenvalue weighted by atomic mass is 16.3. The SMILES string of the molecule is N#[N+]c1cc(-c2ccccc2)ccc1O. The lowest BCUT2D eigenvalue weighted by Crippen LogP contribution is -1.76. The summed E-state index contributed by atoms with van der Waals surface area (Å²) >= 11 is 0. The van der Waals surface area contributed by atoms with Gasteiger partial charge in [-0.1, -0.05) is 36.4 Å². The highest BCUT2D eigenvalue weighted by Crippen LogP contribution is 2.31. The molecule has 0 fully saturated rings. The summed E-state index contributed by atoms with van der Waals surface area (Å²) in [4.78, 5) is 3.01. The molecule has 0 heterocycles. The summed E-state index contributed by atoms with van der Waals surface area (Å²) < 4.78 is 0. The van der Waals surface area contributed by atoms with E-state index in [2.05, 4.69) is 4.98 Å². The van der Waals surface area contributed by atoms with Gasteiger partial charge in [-0.2, -0.15) is 0 Å². The number of hydrogen-bond donors (Lipinski definition) is 1. The van der Waals surface area contributed by atoms with Gasteiger partial charge in [0.2, 0.25) is 11.1 Å². The third-order valence-electron chi connectivity index (χ3n) is 2.19. The van der Waals surface area contributed by atoms with Gasteiger partial charge >= 0.3 is 5.69 Å². The molecule has 3 nitrogen and oxygen atoms in total. The Hall–Kier alpha value is -2.34. The van der Waals surface area contributed by atoms with Gasteiger partial charge in [0.25, 0.3) is 0 Å². The Morgan fingerprint density at radius 2 is 1.67 bits per heavy atom. The Bertz CT molecular complexity index is 515. The molecule has 0 amide bonds. The topological polar surface area (TPSA) is 48.4 Å². The Kier molecular flexibility index (Phi) is 2.34. The molecule has 2 rings (SSSR count). The average molecular weight is 197 g/mol. The van der Waals surface area contributed by atoms with Crippen LogP contribution < -0.4 is 0 Å². The van der Waals surface area contributed by atoms with E-state index in [1.807, 2.05) is 30.3 Å². The quantitative estimate of drug-likeness (QED) is 0.710. The third kappa shape index (κ3) is 1.79. The van der Waals surface area contributed by atoms with E-state index < -0.39 is 0 Å². The van der Waals surface area contributed by atoms with Crippen LogP contribution in [0.4, 0.5) is 5.69 Å². The molecule has 72 valence electrons. The molecule has 2 aromatic rings. The van der Waals surface area contributed by atoms with Crippen LogP contribution in [0.5, 0.6) is 5.75 Å². The average Bonchev–Trinajstić information content (AvgIpc) is 2.31. The number of phenols is 1. The van der Waals surface area contributed by atoms with E-state index in [4.69, 9.17) is 5.39 Å². The van der Waals surface area contributed by atoms with Gasteiger partial charge in [0, 0.05) is 6.07 Å². The second-order valence-electron chi connectivity index (χ2n) is 3.17. The van der Waals surface area contributed by atoms with Crippen molar-refractivity contribution >= 4 is 5.69 Å². The maximum atomic E-state index is 9.33. The minimum atomic E-state index is -0.0304. The van der Waals surface area contributed by atoms with Crippen molar-refractivity contribution in [1.29, 1.82) is 5.39 Å². The summed E-state index contributed by atoms with van der Waals surface area (Å²) in [5, 5.41) is 18.0. The Morgan fingerprint density at radius 3 is 2.33 bits per heavy atom. The number of hydrogen-bond acceptors (Lipinski definition) is 2. The fourth-order valence-corrected chi connectivity index (χ4v) is 1.41. The van der Waals surface area contributed by atoms with Crippen LogP contribution in [0.25, 0.3) is 16.1 Å². The van der Waals surface area contributed by atoms with Crippen LogP contribution in [0, 0.1) is 5.39 Å². The van der Waals surface area contributed by atoms with Crippen LogP contribution in [0.2, 0.25) is 0 Å². The molecule has 1 N–H and O–H groups in total. The largest absolute Gasteiger partial charge is 0.501 e. The molecular weight excluding hydrogens is 188 g/mol. The van der Waals surface area contributed by atoms with E-state index in [0.717, 1.165) is 11.1 Å². The van der Waals surface area contributed by atoms with Crippen molar-refractivity contribution in [2.75, 3.05) is 0 Å². The first-order chi connectivity index (χ1) is 7.31. The van der Waals surface area contributed by atoms with Crippen LogP contribution in [0.3, 0.4) is 0 Å². The minimum Gasteiger partial charge on any atom is -0.501 e. The minimum absolute atomic E-state index is 0.0304. The molecule has 0 unspecified atom stereocenters. The standard InChI is InChI=1S/C12H8N2O/c13-14-11-8-10(6-7-12(11)15)9-4-2-1-3-5-9/h1-8H/p+1. The molecule has 0 bridgehead atoms. The fourth-order valence-electron chi connectivity index (χ4n) is 1.41. The summed E-state index contributed by atoms with van der Waals surface area (Å²) in [6, 6.07) is 14.6. The van der Waals surface area contributed by atoms with Crippen molar-refractivity contribution in [3.05, 3.63) is 53.5 Å². The van der Waals surface area contributed by atoms with Crippen molar-refractivity contribution in [2.24, 2.45) is 0 Å². The zero-order valence-electron chi connectivity index (χ0n) is 7.96. The fraction of sp³-hybridized carbons (Fsp3) is 0. The third-order valence-corrected chi connectivity index (χ3v) is 2.19. The highest BCUT2D eigenvalue weighted by molar-refractivity contribution is 5.71. The Labute approximate surface area is 87.2 Å². The maximum Gasteiger partial charge on any atom is 0.426 e. The predicted octanol–water partition coefficient (Wildman–Crippen LogP) is 3.54. The molecule has 0 radical (unpaired) electrons. The second kappa shape index (κ2) is 3.81. The summed E-state index contributed by atoms with van der Waals surface area (Å²) in [5.41, 5.74) is 2.10. The first-order valence-electron chi connectivity index (χ1n) is 4.55. The Balaban J connectivity index is 2.52. The molecule has 0 aliphatic heterocycles. The summed E-state index contributed by atoms with van der Waals surface area (Å²) in [6.45, 7) is 0. The van der Waals surface area contributed by atoms with Gasteiger partial charge in [-0.15, -0.1) is 0 Å². The van der Waals surface area contributed by atoms with Crippen LogP contribution in [0.1, 0.15) is 0 Å². The van der Waals surface area contributed by atoms with Gasteiger partial charge in [0.1, 0.15) is 0 Å². The predicted molar refractivity (Wildman–Crippen MR) is 58.3 cm³/mol. The van der Waals surface area contributed by atoms with Crippen molar-refractivity contribution in [3.8, 4) is 16.9 Å². The monoisotopic (exact) mass is 197 g/mol. The smallest absolute Gasteiger partial charge is 0.426 e. The first-order valence-corrected chi connectivity index (χ1v) is 4.55. The number of rotatable bonds is 1. The second-order valence-corrected chi connectivity index (χ2v) is 3.17. The number of aromatic hydroxyl groups is 1. The van der Waals surface area contributed by atoms with Gasteiger partial charge in [-0.05, 0) is 17.2 Å². The molecule has 3 heteroatoms. The van der Waals surface area contributed by atoms with Crippen molar-refractivity contribution in [2.45, 2.75) is 0 Å². The zero-order valence-corrected chi connectivity index (χ0v) is 7.96. The van der Waals surface area contributed by atoms with Gasteiger partial charge in [0.05, 0.1) is 0 Å². The van der Waals surface area contributed by atoms with E-state index >= 15 is 0 Å². The molecule has 0 aliphatic rings. The van der Waals surface area contributed by atoms with E-state index in [-0.39, 0.29) is 11.4 Å². The van der Waals surface area contributed by atoms with Crippen LogP contribution in [-0.2, 0) is 0 Å². The van der Waals surface area contributed by atoms with E-state index in [9.17, 15) is 5.11 Å². The van der Waals surface area contributed by atoms with Gasteiger partial charge in [-0.3, -0.25) is 0 Å². The molecular formula is C12H9N2O+. The molecule has 0 spiro atoms. The van der Waals surface area contributed by atoms with Crippen molar-refractivity contribution in [3.63, 3.8) is 0 Å². The summed E-state index contributed by atoms with van der Waals surface area (Å²) in [6.07, 6.45) is 0.